The maximum atomic E-state index is 13.3. The lowest BCUT2D eigenvalue weighted by molar-refractivity contribution is 0.0599. The minimum Gasteiger partial charge on any atom is -0.465 e. The van der Waals surface area contributed by atoms with Crippen molar-refractivity contribution in [2.24, 2.45) is 0 Å². The number of amides is 1. The molecule has 4 rings (SSSR count). The van der Waals surface area contributed by atoms with Crippen LogP contribution in [0, 0.1) is 6.92 Å². The van der Waals surface area contributed by atoms with Crippen LogP contribution in [-0.4, -0.2) is 77.7 Å². The molecular formula is C22H27N5O5S. The summed E-state index contributed by atoms with van der Waals surface area (Å²) in [7, 11) is -2.42. The second-order valence-electron chi connectivity index (χ2n) is 7.97. The summed E-state index contributed by atoms with van der Waals surface area (Å²) < 4.78 is 32.7. The molecule has 1 amide bonds. The monoisotopic (exact) mass is 473 g/mol. The van der Waals surface area contributed by atoms with Crippen LogP contribution in [0.2, 0.25) is 0 Å². The van der Waals surface area contributed by atoms with E-state index in [0.717, 1.165) is 6.42 Å². The Kier molecular flexibility index (Phi) is 6.26. The summed E-state index contributed by atoms with van der Waals surface area (Å²) in [5.74, 6) is -0.722. The molecule has 0 aromatic carbocycles. The van der Waals surface area contributed by atoms with Gasteiger partial charge in [-0.15, -0.1) is 0 Å². The lowest BCUT2D eigenvalue weighted by Crippen LogP contribution is -2.50. The molecule has 1 fully saturated rings. The maximum Gasteiger partial charge on any atom is 0.339 e. The molecule has 0 unspecified atom stereocenters. The first kappa shape index (κ1) is 23.0. The fraction of sp³-hybridized carbons (Fsp3) is 0.409. The molecular weight excluding hydrogens is 446 g/mol. The number of carbonyl (C=O) groups excluding carboxylic acids is 2. The minimum atomic E-state index is -3.74. The molecule has 0 radical (unpaired) electrons. The molecule has 3 aromatic heterocycles. The number of rotatable bonds is 6. The second-order valence-corrected chi connectivity index (χ2v) is 9.88. The molecule has 0 saturated carbocycles. The summed E-state index contributed by atoms with van der Waals surface area (Å²) in [6.45, 7) is 4.55. The highest BCUT2D eigenvalue weighted by molar-refractivity contribution is 7.89. The molecule has 1 aliphatic heterocycles. The van der Waals surface area contributed by atoms with Gasteiger partial charge in [0.15, 0.2) is 0 Å². The van der Waals surface area contributed by atoms with Gasteiger partial charge in [0.1, 0.15) is 16.2 Å². The van der Waals surface area contributed by atoms with Crippen LogP contribution in [0.15, 0.2) is 29.4 Å². The predicted molar refractivity (Wildman–Crippen MR) is 122 cm³/mol. The van der Waals surface area contributed by atoms with Gasteiger partial charge >= 0.3 is 5.97 Å². The van der Waals surface area contributed by atoms with Gasteiger partial charge in [-0.3, -0.25) is 4.79 Å². The van der Waals surface area contributed by atoms with Crippen molar-refractivity contribution in [1.82, 2.24) is 24.2 Å². The van der Waals surface area contributed by atoms with Crippen molar-refractivity contribution in [2.45, 2.75) is 31.6 Å². The number of esters is 1. The number of aromatic nitrogens is 3. The largest absolute Gasteiger partial charge is 0.465 e. The molecule has 1 saturated heterocycles. The number of aryl methyl sites for hydroxylation is 1. The SMILES string of the molecule is CCCc1c(C(=O)N2CCN(S(=O)(=O)c3c[nH]c4ncccc34)CC2)[nH]c(C)c1C(=O)OC. The number of fused-ring (bicyclic) bond motifs is 1. The number of H-pyrrole nitrogens is 2. The van der Waals surface area contributed by atoms with Gasteiger partial charge in [0.2, 0.25) is 10.0 Å². The van der Waals surface area contributed by atoms with Gasteiger partial charge in [-0.25, -0.2) is 18.2 Å². The number of carbonyl (C=O) groups is 2. The van der Waals surface area contributed by atoms with Crippen molar-refractivity contribution < 1.29 is 22.7 Å². The van der Waals surface area contributed by atoms with E-state index in [2.05, 4.69) is 15.0 Å². The van der Waals surface area contributed by atoms with E-state index in [1.165, 1.54) is 17.6 Å². The number of nitrogens with zero attached hydrogens (tertiary/aromatic N) is 3. The van der Waals surface area contributed by atoms with Crippen molar-refractivity contribution in [3.05, 3.63) is 47.0 Å². The van der Waals surface area contributed by atoms with E-state index >= 15 is 0 Å². The fourth-order valence-electron chi connectivity index (χ4n) is 4.31. The summed E-state index contributed by atoms with van der Waals surface area (Å²) in [5, 5.41) is 0.539. The zero-order valence-corrected chi connectivity index (χ0v) is 19.7. The topological polar surface area (TPSA) is 128 Å². The van der Waals surface area contributed by atoms with Crippen LogP contribution in [0.4, 0.5) is 0 Å². The van der Waals surface area contributed by atoms with E-state index in [-0.39, 0.29) is 37.0 Å². The third-order valence-corrected chi connectivity index (χ3v) is 7.89. The van der Waals surface area contributed by atoms with E-state index in [1.807, 2.05) is 6.92 Å². The Labute approximate surface area is 192 Å². The van der Waals surface area contributed by atoms with Gasteiger partial charge in [0, 0.05) is 49.7 Å². The first-order chi connectivity index (χ1) is 15.8. The number of sulfonamides is 1. The average molecular weight is 474 g/mol. The van der Waals surface area contributed by atoms with Gasteiger partial charge in [0.25, 0.3) is 5.91 Å². The third-order valence-electron chi connectivity index (χ3n) is 5.95. The van der Waals surface area contributed by atoms with Crippen molar-refractivity contribution in [1.29, 1.82) is 0 Å². The lowest BCUT2D eigenvalue weighted by atomic mass is 10.0. The number of hydrogen-bond acceptors (Lipinski definition) is 6. The molecule has 3 aromatic rings. The number of piperazine rings is 1. The van der Waals surface area contributed by atoms with E-state index < -0.39 is 16.0 Å². The number of pyridine rings is 1. The molecule has 176 valence electrons. The molecule has 2 N–H and O–H groups in total. The molecule has 0 atom stereocenters. The van der Waals surface area contributed by atoms with Crippen LogP contribution >= 0.6 is 0 Å². The van der Waals surface area contributed by atoms with Crippen LogP contribution in [0.3, 0.4) is 0 Å². The first-order valence-corrected chi connectivity index (χ1v) is 12.2. The standard InChI is InChI=1S/C22H27N5O5S/c1-4-6-16-18(22(29)32-3)14(2)25-19(16)21(28)26-9-11-27(12-10-26)33(30,31)17-13-24-20-15(17)7-5-8-23-20/h5,7-8,13,25H,4,6,9-12H2,1-3H3,(H,23,24). The third kappa shape index (κ3) is 4.02. The van der Waals surface area contributed by atoms with E-state index in [9.17, 15) is 18.0 Å². The average Bonchev–Trinajstić information content (AvgIpc) is 3.40. The number of nitrogens with one attached hydrogen (secondary N) is 2. The predicted octanol–water partition coefficient (Wildman–Crippen LogP) is 2.09. The number of ether oxygens (including phenoxy) is 1. The molecule has 0 spiro atoms. The fourth-order valence-corrected chi connectivity index (χ4v) is 5.88. The molecule has 4 heterocycles. The molecule has 0 aliphatic carbocycles. The molecule has 0 bridgehead atoms. The highest BCUT2D eigenvalue weighted by Crippen LogP contribution is 2.27. The van der Waals surface area contributed by atoms with Crippen LogP contribution in [-0.2, 0) is 21.2 Å². The quantitative estimate of drug-likeness (QED) is 0.528. The van der Waals surface area contributed by atoms with Gasteiger partial charge in [-0.05, 0) is 31.0 Å². The van der Waals surface area contributed by atoms with Crippen LogP contribution in [0.5, 0.6) is 0 Å². The number of aromatic amines is 2. The van der Waals surface area contributed by atoms with Crippen LogP contribution < -0.4 is 0 Å². The minimum absolute atomic E-state index is 0.174. The van der Waals surface area contributed by atoms with Gasteiger partial charge < -0.3 is 19.6 Å². The molecule has 11 heteroatoms. The second kappa shape index (κ2) is 8.99. The van der Waals surface area contributed by atoms with E-state index in [1.54, 1.807) is 30.2 Å². The summed E-state index contributed by atoms with van der Waals surface area (Å²) in [6.07, 6.45) is 4.36. The zero-order chi connectivity index (χ0) is 23.8. The molecule has 1 aliphatic rings. The van der Waals surface area contributed by atoms with Gasteiger partial charge in [0.05, 0.1) is 12.7 Å². The summed E-state index contributed by atoms with van der Waals surface area (Å²) in [4.78, 5) is 37.5. The van der Waals surface area contributed by atoms with E-state index in [0.29, 0.717) is 40.0 Å². The Bertz CT molecular complexity index is 1300. The van der Waals surface area contributed by atoms with Crippen molar-refractivity contribution in [3.63, 3.8) is 0 Å². The van der Waals surface area contributed by atoms with E-state index in [4.69, 9.17) is 4.74 Å². The van der Waals surface area contributed by atoms with Gasteiger partial charge in [-0.2, -0.15) is 4.31 Å². The Balaban J connectivity index is 1.54. The van der Waals surface area contributed by atoms with Crippen molar-refractivity contribution in [3.8, 4) is 0 Å². The highest BCUT2D eigenvalue weighted by Gasteiger charge is 2.34. The maximum absolute atomic E-state index is 13.3. The summed E-state index contributed by atoms with van der Waals surface area (Å²) in [5.41, 5.74) is 2.51. The highest BCUT2D eigenvalue weighted by atomic mass is 32.2. The zero-order valence-electron chi connectivity index (χ0n) is 18.8. The van der Waals surface area contributed by atoms with Crippen molar-refractivity contribution in [2.75, 3.05) is 33.3 Å². The lowest BCUT2D eigenvalue weighted by Gasteiger charge is -2.33. The first-order valence-electron chi connectivity index (χ1n) is 10.8. The summed E-state index contributed by atoms with van der Waals surface area (Å²) in [6, 6.07) is 3.41. The van der Waals surface area contributed by atoms with Crippen LogP contribution in [0.1, 0.15) is 45.4 Å². The smallest absolute Gasteiger partial charge is 0.339 e. The number of hydrogen-bond donors (Lipinski definition) is 2. The molecule has 10 nitrogen and oxygen atoms in total. The van der Waals surface area contributed by atoms with Crippen molar-refractivity contribution >= 4 is 32.9 Å². The Hall–Kier alpha value is -3.18. The Morgan fingerprint density at radius 3 is 2.61 bits per heavy atom. The summed E-state index contributed by atoms with van der Waals surface area (Å²) >= 11 is 0. The molecule has 33 heavy (non-hydrogen) atoms. The number of methoxy groups -OCH3 is 1. The van der Waals surface area contributed by atoms with Crippen LogP contribution in [0.25, 0.3) is 11.0 Å². The Morgan fingerprint density at radius 1 is 1.21 bits per heavy atom. The van der Waals surface area contributed by atoms with Gasteiger partial charge in [-0.1, -0.05) is 13.3 Å². The Morgan fingerprint density at radius 2 is 1.94 bits per heavy atom. The normalized spacial score (nSPS) is 15.2.